The summed E-state index contributed by atoms with van der Waals surface area (Å²) >= 11 is 0. The minimum Gasteiger partial charge on any atom is -0.382 e. The van der Waals surface area contributed by atoms with Crippen LogP contribution in [0.3, 0.4) is 0 Å². The molecule has 0 aliphatic rings. The van der Waals surface area contributed by atoms with Gasteiger partial charge in [0.2, 0.25) is 5.82 Å². The summed E-state index contributed by atoms with van der Waals surface area (Å²) in [6.07, 6.45) is -12.5. The first-order valence-corrected chi connectivity index (χ1v) is 4.95. The maximum atomic E-state index is 12.4. The van der Waals surface area contributed by atoms with Crippen molar-refractivity contribution >= 4 is 11.6 Å². The Morgan fingerprint density at radius 2 is 1.70 bits per heavy atom. The summed E-state index contributed by atoms with van der Waals surface area (Å²) in [6, 6.07) is 0.859. The molecule has 12 heteroatoms. The van der Waals surface area contributed by atoms with E-state index in [1.807, 2.05) is 10.7 Å². The summed E-state index contributed by atoms with van der Waals surface area (Å²) in [7, 11) is 0. The van der Waals surface area contributed by atoms with Crippen molar-refractivity contribution < 1.29 is 31.4 Å². The zero-order valence-electron chi connectivity index (χ0n) is 9.55. The maximum Gasteiger partial charge on any atom is 0.451 e. The minimum absolute atomic E-state index is 0.448. The van der Waals surface area contributed by atoms with Crippen molar-refractivity contribution in [1.82, 2.24) is 9.97 Å². The Morgan fingerprint density at radius 1 is 1.15 bits per heavy atom. The third-order valence-corrected chi connectivity index (χ3v) is 1.98. The highest BCUT2D eigenvalue weighted by molar-refractivity contribution is 5.47. The molecule has 1 unspecified atom stereocenters. The molecule has 0 aromatic carbocycles. The molecule has 0 saturated carbocycles. The van der Waals surface area contributed by atoms with Crippen LogP contribution < -0.4 is 16.6 Å². The van der Waals surface area contributed by atoms with Crippen molar-refractivity contribution in [1.29, 1.82) is 0 Å². The highest BCUT2D eigenvalue weighted by Crippen LogP contribution is 2.28. The number of hydrogen-bond donors (Lipinski definition) is 4. The van der Waals surface area contributed by atoms with Crippen molar-refractivity contribution in [3.8, 4) is 0 Å². The Labute approximate surface area is 108 Å². The van der Waals surface area contributed by atoms with E-state index in [1.165, 1.54) is 0 Å². The first-order chi connectivity index (χ1) is 9.04. The molecule has 1 aromatic rings. The summed E-state index contributed by atoms with van der Waals surface area (Å²) < 4.78 is 73.4. The lowest BCUT2D eigenvalue weighted by molar-refractivity contribution is -0.198. The highest BCUT2D eigenvalue weighted by Gasteiger charge is 2.38. The van der Waals surface area contributed by atoms with Gasteiger partial charge in [-0.3, -0.25) is 0 Å². The minimum atomic E-state index is -4.90. The van der Waals surface area contributed by atoms with Crippen LogP contribution in [0.2, 0.25) is 0 Å². The number of nitrogens with zero attached hydrogens (tertiary/aromatic N) is 2. The van der Waals surface area contributed by atoms with E-state index < -0.39 is 42.5 Å². The van der Waals surface area contributed by atoms with Gasteiger partial charge < -0.3 is 15.8 Å². The van der Waals surface area contributed by atoms with Crippen LogP contribution in [0.4, 0.5) is 38.0 Å². The number of aliphatic hydroxyl groups is 1. The summed E-state index contributed by atoms with van der Waals surface area (Å²) in [6.45, 7) is -1.07. The predicted octanol–water partition coefficient (Wildman–Crippen LogP) is 1.12. The molecule has 5 N–H and O–H groups in total. The molecule has 0 aliphatic carbocycles. The van der Waals surface area contributed by atoms with Crippen molar-refractivity contribution in [2.45, 2.75) is 18.5 Å². The number of nitrogen functional groups attached to an aromatic ring is 1. The normalized spacial score (nSPS) is 14.0. The van der Waals surface area contributed by atoms with Gasteiger partial charge in [0.1, 0.15) is 11.6 Å². The number of rotatable bonds is 4. The lowest BCUT2D eigenvalue weighted by Crippen LogP contribution is -2.35. The average molecular weight is 305 g/mol. The molecular weight excluding hydrogens is 296 g/mol. The van der Waals surface area contributed by atoms with Gasteiger partial charge in [-0.05, 0) is 0 Å². The van der Waals surface area contributed by atoms with Gasteiger partial charge in [0.05, 0.1) is 6.54 Å². The van der Waals surface area contributed by atoms with E-state index >= 15 is 0 Å². The number of hydrazine groups is 1. The van der Waals surface area contributed by atoms with E-state index in [9.17, 15) is 26.3 Å². The second-order valence-electron chi connectivity index (χ2n) is 3.54. The number of anilines is 2. The van der Waals surface area contributed by atoms with Crippen LogP contribution in [0.25, 0.3) is 0 Å². The lowest BCUT2D eigenvalue weighted by atomic mass is 10.3. The molecule has 1 aromatic heterocycles. The maximum absolute atomic E-state index is 12.4. The van der Waals surface area contributed by atoms with Crippen molar-refractivity contribution in [3.05, 3.63) is 11.9 Å². The number of aliphatic hydroxyl groups excluding tert-OH is 1. The molecule has 20 heavy (non-hydrogen) atoms. The zero-order chi connectivity index (χ0) is 15.6. The van der Waals surface area contributed by atoms with E-state index in [4.69, 9.17) is 10.9 Å². The van der Waals surface area contributed by atoms with Crippen LogP contribution in [0.1, 0.15) is 5.82 Å². The topological polar surface area (TPSA) is 96.1 Å². The van der Waals surface area contributed by atoms with Gasteiger partial charge in [-0.2, -0.15) is 26.3 Å². The molecule has 0 radical (unpaired) electrons. The monoisotopic (exact) mass is 305 g/mol. The number of nitrogens with two attached hydrogens (primary N) is 1. The average Bonchev–Trinajstić information content (AvgIpc) is 2.33. The van der Waals surface area contributed by atoms with Gasteiger partial charge in [0, 0.05) is 6.07 Å². The molecule has 0 amide bonds. The number of alkyl halides is 6. The van der Waals surface area contributed by atoms with E-state index in [-0.39, 0.29) is 0 Å². The van der Waals surface area contributed by atoms with Gasteiger partial charge in [-0.1, -0.05) is 0 Å². The molecule has 1 atom stereocenters. The quantitative estimate of drug-likeness (QED) is 0.378. The number of halogens is 6. The van der Waals surface area contributed by atoms with E-state index in [0.717, 1.165) is 6.07 Å². The van der Waals surface area contributed by atoms with Crippen LogP contribution in [-0.2, 0) is 6.18 Å². The molecule has 0 bridgehead atoms. The van der Waals surface area contributed by atoms with Crippen LogP contribution in [0.15, 0.2) is 6.07 Å². The van der Waals surface area contributed by atoms with Crippen LogP contribution in [0, 0.1) is 0 Å². The fourth-order valence-corrected chi connectivity index (χ4v) is 1.06. The van der Waals surface area contributed by atoms with Gasteiger partial charge >= 0.3 is 12.4 Å². The summed E-state index contributed by atoms with van der Waals surface area (Å²) in [4.78, 5) is 5.99. The first kappa shape index (κ1) is 16.2. The van der Waals surface area contributed by atoms with Crippen molar-refractivity contribution in [2.75, 3.05) is 17.3 Å². The SMILES string of the molecule is NNc1cc(NCC(O)C(F)(F)F)nc(C(F)(F)F)n1. The van der Waals surface area contributed by atoms with Crippen molar-refractivity contribution in [2.24, 2.45) is 5.84 Å². The summed E-state index contributed by atoms with van der Waals surface area (Å²) in [5, 5.41) is 10.6. The number of nitrogens with one attached hydrogen (secondary N) is 2. The predicted molar refractivity (Wildman–Crippen MR) is 55.4 cm³/mol. The van der Waals surface area contributed by atoms with Gasteiger partial charge in [-0.25, -0.2) is 15.8 Å². The number of aromatic nitrogens is 2. The smallest absolute Gasteiger partial charge is 0.382 e. The standard InChI is InChI=1S/C8H9F6N5O/c9-7(10,11)3(20)2-16-4-1-5(19-15)18-6(17-4)8(12,13)14/h1,3,20H,2,15H2,(H2,16,17,18,19). The Morgan fingerprint density at radius 3 is 2.15 bits per heavy atom. The largest absolute Gasteiger partial charge is 0.451 e. The van der Waals surface area contributed by atoms with Gasteiger partial charge in [0.15, 0.2) is 6.10 Å². The van der Waals surface area contributed by atoms with Gasteiger partial charge in [-0.15, -0.1) is 0 Å². The number of hydrogen-bond acceptors (Lipinski definition) is 6. The Hall–Kier alpha value is -1.82. The molecular formula is C8H9F6N5O. The first-order valence-electron chi connectivity index (χ1n) is 4.95. The third-order valence-electron chi connectivity index (χ3n) is 1.98. The Kier molecular flexibility index (Phi) is 4.60. The van der Waals surface area contributed by atoms with Crippen LogP contribution in [-0.4, -0.2) is 33.9 Å². The second kappa shape index (κ2) is 5.66. The fraction of sp³-hybridized carbons (Fsp3) is 0.500. The van der Waals surface area contributed by atoms with Gasteiger partial charge in [0.25, 0.3) is 0 Å². The van der Waals surface area contributed by atoms with Crippen molar-refractivity contribution in [3.63, 3.8) is 0 Å². The molecule has 0 spiro atoms. The molecule has 6 nitrogen and oxygen atoms in total. The summed E-state index contributed by atoms with van der Waals surface area (Å²) in [5.74, 6) is 2.29. The molecule has 1 rings (SSSR count). The second-order valence-corrected chi connectivity index (χ2v) is 3.54. The lowest BCUT2D eigenvalue weighted by Gasteiger charge is -2.16. The van der Waals surface area contributed by atoms with Crippen LogP contribution >= 0.6 is 0 Å². The molecule has 1 heterocycles. The van der Waals surface area contributed by atoms with E-state index in [0.29, 0.717) is 0 Å². The molecule has 0 saturated heterocycles. The zero-order valence-corrected chi connectivity index (χ0v) is 9.55. The fourth-order valence-electron chi connectivity index (χ4n) is 1.06. The van der Waals surface area contributed by atoms with Crippen LogP contribution in [0.5, 0.6) is 0 Å². The molecule has 114 valence electrons. The molecule has 0 fully saturated rings. The molecule has 0 aliphatic heterocycles. The highest BCUT2D eigenvalue weighted by atomic mass is 19.4. The Bertz CT molecular complexity index is 462. The van der Waals surface area contributed by atoms with E-state index in [1.54, 1.807) is 0 Å². The Balaban J connectivity index is 2.90. The summed E-state index contributed by atoms with van der Waals surface area (Å²) in [5.41, 5.74) is 1.82. The van der Waals surface area contributed by atoms with E-state index in [2.05, 4.69) is 9.97 Å². The third kappa shape index (κ3) is 4.38.